The molecule has 1 amide bonds. The molecule has 0 radical (unpaired) electrons. The number of carbonyl (C=O) groups is 1. The van der Waals surface area contributed by atoms with E-state index >= 15 is 0 Å². The molecule has 6 heteroatoms. The zero-order valence-electron chi connectivity index (χ0n) is 16.8. The van der Waals surface area contributed by atoms with Gasteiger partial charge in [-0.3, -0.25) is 4.79 Å². The highest BCUT2D eigenvalue weighted by molar-refractivity contribution is 5.83. The SMILES string of the molecule is CN(C)[C@@H]1CCCN(C(=O)C23C[C@H]4C[C@@H](C2)CC(n2cncn2)(C4)C3)CC1. The summed E-state index contributed by atoms with van der Waals surface area (Å²) in [6.07, 6.45) is 13.9. The minimum atomic E-state index is -0.145. The molecule has 148 valence electrons. The van der Waals surface area contributed by atoms with Gasteiger partial charge in [-0.05, 0) is 83.7 Å². The normalized spacial score (nSPS) is 41.1. The number of likely N-dealkylation sites (tertiary alicyclic amines) is 1. The molecule has 0 spiro atoms. The Balaban J connectivity index is 1.40. The van der Waals surface area contributed by atoms with Crippen molar-refractivity contribution in [1.82, 2.24) is 24.6 Å². The van der Waals surface area contributed by atoms with Crippen LogP contribution < -0.4 is 0 Å². The third-order valence-electron chi connectivity index (χ3n) is 8.10. The zero-order valence-corrected chi connectivity index (χ0v) is 16.8. The minimum absolute atomic E-state index is 0.0360. The Morgan fingerprint density at radius 3 is 2.56 bits per heavy atom. The van der Waals surface area contributed by atoms with E-state index in [-0.39, 0.29) is 11.0 Å². The molecule has 6 nitrogen and oxygen atoms in total. The summed E-state index contributed by atoms with van der Waals surface area (Å²) in [6.45, 7) is 1.87. The molecule has 5 atom stereocenters. The van der Waals surface area contributed by atoms with E-state index in [0.717, 1.165) is 45.2 Å². The van der Waals surface area contributed by atoms with Crippen LogP contribution in [0.5, 0.6) is 0 Å². The van der Waals surface area contributed by atoms with Crippen molar-refractivity contribution >= 4 is 5.91 Å². The van der Waals surface area contributed by atoms with E-state index in [1.54, 1.807) is 6.33 Å². The minimum Gasteiger partial charge on any atom is -0.342 e. The molecular formula is C21H33N5O. The Kier molecular flexibility index (Phi) is 4.12. The Morgan fingerprint density at radius 2 is 1.89 bits per heavy atom. The van der Waals surface area contributed by atoms with Crippen molar-refractivity contribution in [3.05, 3.63) is 12.7 Å². The van der Waals surface area contributed by atoms with E-state index in [9.17, 15) is 4.79 Å². The van der Waals surface area contributed by atoms with Crippen LogP contribution in [0.2, 0.25) is 0 Å². The van der Waals surface area contributed by atoms with Crippen LogP contribution in [-0.2, 0) is 10.3 Å². The number of hydrogen-bond donors (Lipinski definition) is 0. The van der Waals surface area contributed by atoms with Gasteiger partial charge in [0.2, 0.25) is 5.91 Å². The molecule has 0 N–H and O–H groups in total. The van der Waals surface area contributed by atoms with E-state index in [2.05, 4.69) is 38.7 Å². The molecule has 5 aliphatic rings. The van der Waals surface area contributed by atoms with Crippen molar-refractivity contribution < 1.29 is 4.79 Å². The molecular weight excluding hydrogens is 338 g/mol. The summed E-state index contributed by atoms with van der Waals surface area (Å²) < 4.78 is 2.11. The van der Waals surface area contributed by atoms with Crippen LogP contribution >= 0.6 is 0 Å². The van der Waals surface area contributed by atoms with Crippen LogP contribution in [0.15, 0.2) is 12.7 Å². The highest BCUT2D eigenvalue weighted by atomic mass is 16.2. The third-order valence-corrected chi connectivity index (χ3v) is 8.10. The summed E-state index contributed by atoms with van der Waals surface area (Å²) in [5.74, 6) is 1.82. The largest absolute Gasteiger partial charge is 0.342 e. The Bertz CT molecular complexity index is 685. The van der Waals surface area contributed by atoms with Crippen molar-refractivity contribution in [2.45, 2.75) is 69.4 Å². The number of hydrogen-bond acceptors (Lipinski definition) is 4. The predicted molar refractivity (Wildman–Crippen MR) is 103 cm³/mol. The lowest BCUT2D eigenvalue weighted by atomic mass is 9.46. The molecule has 0 aromatic carbocycles. The maximum Gasteiger partial charge on any atom is 0.228 e. The lowest BCUT2D eigenvalue weighted by Crippen LogP contribution is -2.61. The van der Waals surface area contributed by atoms with E-state index < -0.39 is 0 Å². The molecule has 1 saturated heterocycles. The number of carbonyl (C=O) groups excluding carboxylic acids is 1. The van der Waals surface area contributed by atoms with Gasteiger partial charge in [0.25, 0.3) is 0 Å². The average molecular weight is 372 g/mol. The van der Waals surface area contributed by atoms with Gasteiger partial charge in [-0.25, -0.2) is 9.67 Å². The van der Waals surface area contributed by atoms with E-state index in [1.807, 2.05) is 6.33 Å². The summed E-state index contributed by atoms with van der Waals surface area (Å²) in [4.78, 5) is 22.6. The van der Waals surface area contributed by atoms with Gasteiger partial charge in [-0.15, -0.1) is 0 Å². The van der Waals surface area contributed by atoms with Crippen molar-refractivity contribution in [2.24, 2.45) is 17.3 Å². The lowest BCUT2D eigenvalue weighted by molar-refractivity contribution is -0.166. The van der Waals surface area contributed by atoms with Crippen LogP contribution in [0.3, 0.4) is 0 Å². The van der Waals surface area contributed by atoms with Gasteiger partial charge >= 0.3 is 0 Å². The van der Waals surface area contributed by atoms with Crippen LogP contribution in [0.1, 0.15) is 57.8 Å². The van der Waals surface area contributed by atoms with Gasteiger partial charge in [-0.2, -0.15) is 5.10 Å². The third kappa shape index (κ3) is 2.82. The van der Waals surface area contributed by atoms with E-state index in [0.29, 0.717) is 23.8 Å². The molecule has 1 aromatic heterocycles. The molecule has 5 fully saturated rings. The Morgan fingerprint density at radius 1 is 1.11 bits per heavy atom. The number of aromatic nitrogens is 3. The number of rotatable bonds is 3. The fourth-order valence-electron chi connectivity index (χ4n) is 7.32. The van der Waals surface area contributed by atoms with Crippen LogP contribution in [0, 0.1) is 17.3 Å². The molecule has 4 bridgehead atoms. The maximum atomic E-state index is 13.9. The smallest absolute Gasteiger partial charge is 0.228 e. The van der Waals surface area contributed by atoms with Gasteiger partial charge in [0.15, 0.2) is 0 Å². The van der Waals surface area contributed by atoms with Crippen molar-refractivity contribution in [2.75, 3.05) is 27.2 Å². The molecule has 2 heterocycles. The zero-order chi connectivity index (χ0) is 18.6. The van der Waals surface area contributed by atoms with Crippen molar-refractivity contribution in [3.8, 4) is 0 Å². The number of nitrogens with zero attached hydrogens (tertiary/aromatic N) is 5. The summed E-state index contributed by atoms with van der Waals surface area (Å²) in [5.41, 5.74) is -0.109. The first-order valence-corrected chi connectivity index (χ1v) is 10.8. The fourth-order valence-corrected chi connectivity index (χ4v) is 7.32. The highest BCUT2D eigenvalue weighted by Crippen LogP contribution is 2.64. The Hall–Kier alpha value is -1.43. The molecule has 6 rings (SSSR count). The molecule has 4 saturated carbocycles. The molecule has 27 heavy (non-hydrogen) atoms. The number of amides is 1. The molecule has 1 aromatic rings. The lowest BCUT2D eigenvalue weighted by Gasteiger charge is -2.61. The monoisotopic (exact) mass is 371 g/mol. The van der Waals surface area contributed by atoms with Gasteiger partial charge in [0, 0.05) is 19.1 Å². The quantitative estimate of drug-likeness (QED) is 0.819. The standard InChI is InChI=1S/C21H33N5O/c1-24(2)18-4-3-6-25(7-5-18)19(27)20-9-16-8-17(10-20)12-21(11-16,13-20)26-15-22-14-23-26/h14-18H,3-13H2,1-2H3/t16-,17+,18-,20?,21?/m1/s1. The van der Waals surface area contributed by atoms with Crippen molar-refractivity contribution in [3.63, 3.8) is 0 Å². The Labute approximate surface area is 162 Å². The predicted octanol–water partition coefficient (Wildman–Crippen LogP) is 2.52. The van der Waals surface area contributed by atoms with Crippen LogP contribution in [0.4, 0.5) is 0 Å². The van der Waals surface area contributed by atoms with E-state index in [1.165, 1.54) is 25.7 Å². The average Bonchev–Trinajstić information content (AvgIpc) is 3.06. The molecule has 2 unspecified atom stereocenters. The summed E-state index contributed by atoms with van der Waals surface area (Å²) in [5, 5.41) is 4.53. The topological polar surface area (TPSA) is 54.3 Å². The van der Waals surface area contributed by atoms with Crippen LogP contribution in [-0.4, -0.2) is 63.7 Å². The first-order chi connectivity index (χ1) is 13.0. The van der Waals surface area contributed by atoms with Gasteiger partial charge in [-0.1, -0.05) is 0 Å². The highest BCUT2D eigenvalue weighted by Gasteiger charge is 2.62. The fraction of sp³-hybridized carbons (Fsp3) is 0.857. The van der Waals surface area contributed by atoms with Gasteiger partial charge in [0.05, 0.1) is 11.0 Å². The summed E-state index contributed by atoms with van der Waals surface area (Å²) >= 11 is 0. The van der Waals surface area contributed by atoms with Gasteiger partial charge in [0.1, 0.15) is 12.7 Å². The van der Waals surface area contributed by atoms with Crippen LogP contribution in [0.25, 0.3) is 0 Å². The second kappa shape index (κ2) is 6.29. The maximum absolute atomic E-state index is 13.9. The molecule has 4 aliphatic carbocycles. The second-order valence-electron chi connectivity index (χ2n) is 10.1. The first kappa shape index (κ1) is 17.7. The van der Waals surface area contributed by atoms with Gasteiger partial charge < -0.3 is 9.80 Å². The molecule has 1 aliphatic heterocycles. The first-order valence-electron chi connectivity index (χ1n) is 10.8. The van der Waals surface area contributed by atoms with Crippen molar-refractivity contribution in [1.29, 1.82) is 0 Å². The summed E-state index contributed by atoms with van der Waals surface area (Å²) in [6, 6.07) is 0.612. The van der Waals surface area contributed by atoms with E-state index in [4.69, 9.17) is 0 Å². The summed E-state index contributed by atoms with van der Waals surface area (Å²) in [7, 11) is 4.34. The second-order valence-corrected chi connectivity index (χ2v) is 10.1.